The first-order chi connectivity index (χ1) is 10.7. The van der Waals surface area contributed by atoms with Crippen molar-refractivity contribution in [3.8, 4) is 17.3 Å². The lowest BCUT2D eigenvalue weighted by Crippen LogP contribution is -2.01. The third kappa shape index (κ3) is 2.27. The molecule has 0 aliphatic heterocycles. The Morgan fingerprint density at radius 1 is 1.23 bits per heavy atom. The van der Waals surface area contributed by atoms with E-state index in [0.717, 1.165) is 23.3 Å². The second-order valence-electron chi connectivity index (χ2n) is 5.75. The van der Waals surface area contributed by atoms with E-state index in [9.17, 15) is 0 Å². The fraction of sp³-hybridized carbons (Fsp3) is 0.263. The summed E-state index contributed by atoms with van der Waals surface area (Å²) in [4.78, 5) is 4.67. The molecular weight excluding hydrogens is 270 g/mol. The summed E-state index contributed by atoms with van der Waals surface area (Å²) in [7, 11) is 0. The molecule has 3 nitrogen and oxygen atoms in total. The van der Waals surface area contributed by atoms with Gasteiger partial charge in [-0.3, -0.25) is 4.40 Å². The first kappa shape index (κ1) is 14.3. The molecule has 1 unspecified atom stereocenters. The second-order valence-corrected chi connectivity index (χ2v) is 5.75. The highest BCUT2D eigenvalue weighted by molar-refractivity contribution is 5.67. The van der Waals surface area contributed by atoms with E-state index in [1.165, 1.54) is 11.1 Å². The molecular formula is C19H19N3. The Labute approximate surface area is 130 Å². The molecule has 3 rings (SSSR count). The van der Waals surface area contributed by atoms with Crippen LogP contribution < -0.4 is 0 Å². The average Bonchev–Trinajstić information content (AvgIpc) is 2.98. The smallest absolute Gasteiger partial charge is 0.140 e. The predicted molar refractivity (Wildman–Crippen MR) is 88.8 cm³/mol. The normalized spacial score (nSPS) is 12.3. The molecule has 0 saturated heterocycles. The molecule has 110 valence electrons. The van der Waals surface area contributed by atoms with E-state index >= 15 is 0 Å². The topological polar surface area (TPSA) is 41.1 Å². The van der Waals surface area contributed by atoms with Crippen molar-refractivity contribution >= 4 is 5.65 Å². The molecule has 0 N–H and O–H groups in total. The van der Waals surface area contributed by atoms with Crippen molar-refractivity contribution in [2.45, 2.75) is 33.1 Å². The van der Waals surface area contributed by atoms with Crippen LogP contribution in [0.25, 0.3) is 16.9 Å². The maximum absolute atomic E-state index is 8.92. The first-order valence-electron chi connectivity index (χ1n) is 7.62. The second kappa shape index (κ2) is 5.65. The predicted octanol–water partition coefficient (Wildman–Crippen LogP) is 4.69. The quantitative estimate of drug-likeness (QED) is 0.701. The molecule has 0 amide bonds. The lowest BCUT2D eigenvalue weighted by atomic mass is 9.95. The van der Waals surface area contributed by atoms with Crippen LogP contribution in [0.4, 0.5) is 0 Å². The lowest BCUT2D eigenvalue weighted by molar-refractivity contribution is 0.728. The fourth-order valence-electron chi connectivity index (χ4n) is 2.91. The third-order valence-corrected chi connectivity index (χ3v) is 4.35. The number of hydrogen-bond donors (Lipinski definition) is 0. The molecule has 0 spiro atoms. The van der Waals surface area contributed by atoms with E-state index in [0.29, 0.717) is 11.5 Å². The minimum Gasteiger partial charge on any atom is -0.299 e. The number of fused-ring (bicyclic) bond motifs is 1. The summed E-state index contributed by atoms with van der Waals surface area (Å²) in [6, 6.07) is 12.0. The Morgan fingerprint density at radius 3 is 2.59 bits per heavy atom. The highest BCUT2D eigenvalue weighted by atomic mass is 15.0. The van der Waals surface area contributed by atoms with Crippen molar-refractivity contribution in [3.63, 3.8) is 0 Å². The molecule has 1 atom stereocenters. The number of aryl methyl sites for hydroxylation is 1. The molecule has 0 aliphatic rings. The van der Waals surface area contributed by atoms with Crippen LogP contribution in [0.5, 0.6) is 0 Å². The minimum atomic E-state index is 0.486. The largest absolute Gasteiger partial charge is 0.299 e. The van der Waals surface area contributed by atoms with Gasteiger partial charge in [-0.15, -0.1) is 0 Å². The number of benzene rings is 1. The summed E-state index contributed by atoms with van der Waals surface area (Å²) in [5.74, 6) is 0.486. The van der Waals surface area contributed by atoms with Crippen LogP contribution in [0.15, 0.2) is 42.7 Å². The number of nitriles is 1. The van der Waals surface area contributed by atoms with Gasteiger partial charge in [0.05, 0.1) is 23.5 Å². The number of nitrogens with zero attached hydrogens (tertiary/aromatic N) is 3. The Kier molecular flexibility index (Phi) is 3.68. The number of hydrogen-bond acceptors (Lipinski definition) is 2. The maximum Gasteiger partial charge on any atom is 0.140 e. The Hall–Kier alpha value is -2.60. The summed E-state index contributed by atoms with van der Waals surface area (Å²) >= 11 is 0. The molecule has 2 aromatic heterocycles. The number of imidazole rings is 1. The van der Waals surface area contributed by atoms with Crippen LogP contribution in [-0.2, 0) is 0 Å². The maximum atomic E-state index is 8.92. The SMILES string of the molecule is CCC(C)c1c(C)ccn2c(-c3ccc(C#N)cc3)cnc12. The number of aromatic nitrogens is 2. The first-order valence-corrected chi connectivity index (χ1v) is 7.62. The van der Waals surface area contributed by atoms with Gasteiger partial charge in [-0.25, -0.2) is 4.98 Å². The van der Waals surface area contributed by atoms with E-state index in [1.54, 1.807) is 0 Å². The van der Waals surface area contributed by atoms with Gasteiger partial charge >= 0.3 is 0 Å². The van der Waals surface area contributed by atoms with E-state index in [-0.39, 0.29) is 0 Å². The van der Waals surface area contributed by atoms with Crippen LogP contribution in [-0.4, -0.2) is 9.38 Å². The van der Waals surface area contributed by atoms with Gasteiger partial charge in [-0.1, -0.05) is 26.0 Å². The van der Waals surface area contributed by atoms with Crippen molar-refractivity contribution in [1.82, 2.24) is 9.38 Å². The van der Waals surface area contributed by atoms with Crippen LogP contribution in [0.1, 0.15) is 42.9 Å². The zero-order chi connectivity index (χ0) is 15.7. The van der Waals surface area contributed by atoms with Crippen molar-refractivity contribution in [1.29, 1.82) is 5.26 Å². The summed E-state index contributed by atoms with van der Waals surface area (Å²) < 4.78 is 2.15. The Bertz CT molecular complexity index is 851. The molecule has 0 bridgehead atoms. The van der Waals surface area contributed by atoms with E-state index in [4.69, 9.17) is 5.26 Å². The van der Waals surface area contributed by atoms with Gasteiger partial charge in [0.1, 0.15) is 5.65 Å². The number of pyridine rings is 1. The van der Waals surface area contributed by atoms with Gasteiger partial charge in [0, 0.05) is 17.3 Å². The average molecular weight is 289 g/mol. The molecule has 3 aromatic rings. The number of rotatable bonds is 3. The van der Waals surface area contributed by atoms with Gasteiger partial charge in [-0.05, 0) is 43.0 Å². The van der Waals surface area contributed by atoms with Crippen LogP contribution in [0.3, 0.4) is 0 Å². The van der Waals surface area contributed by atoms with E-state index in [2.05, 4.69) is 48.5 Å². The van der Waals surface area contributed by atoms with Gasteiger partial charge in [-0.2, -0.15) is 5.26 Å². The molecule has 3 heteroatoms. The molecule has 0 saturated carbocycles. The minimum absolute atomic E-state index is 0.486. The zero-order valence-electron chi connectivity index (χ0n) is 13.2. The van der Waals surface area contributed by atoms with Crippen molar-refractivity contribution in [2.24, 2.45) is 0 Å². The molecule has 0 aliphatic carbocycles. The summed E-state index contributed by atoms with van der Waals surface area (Å²) in [5.41, 5.74) is 6.46. The van der Waals surface area contributed by atoms with Crippen molar-refractivity contribution < 1.29 is 0 Å². The van der Waals surface area contributed by atoms with Crippen molar-refractivity contribution in [2.75, 3.05) is 0 Å². The summed E-state index contributed by atoms with van der Waals surface area (Å²) in [6.07, 6.45) is 5.10. The lowest BCUT2D eigenvalue weighted by Gasteiger charge is -2.14. The van der Waals surface area contributed by atoms with Crippen LogP contribution >= 0.6 is 0 Å². The monoisotopic (exact) mass is 289 g/mol. The highest BCUT2D eigenvalue weighted by Crippen LogP contribution is 2.29. The van der Waals surface area contributed by atoms with Crippen molar-refractivity contribution in [3.05, 3.63) is 59.4 Å². The molecule has 1 aromatic carbocycles. The van der Waals surface area contributed by atoms with Gasteiger partial charge < -0.3 is 0 Å². The Balaban J connectivity index is 2.18. The van der Waals surface area contributed by atoms with Gasteiger partial charge in [0.2, 0.25) is 0 Å². The highest BCUT2D eigenvalue weighted by Gasteiger charge is 2.15. The summed E-state index contributed by atoms with van der Waals surface area (Å²) in [5, 5.41) is 8.92. The third-order valence-electron chi connectivity index (χ3n) is 4.35. The fourth-order valence-corrected chi connectivity index (χ4v) is 2.91. The van der Waals surface area contributed by atoms with Crippen LogP contribution in [0, 0.1) is 18.3 Å². The van der Waals surface area contributed by atoms with Crippen LogP contribution in [0.2, 0.25) is 0 Å². The molecule has 22 heavy (non-hydrogen) atoms. The van der Waals surface area contributed by atoms with Gasteiger partial charge in [0.15, 0.2) is 0 Å². The zero-order valence-corrected chi connectivity index (χ0v) is 13.2. The molecule has 0 radical (unpaired) electrons. The molecule has 2 heterocycles. The molecule has 0 fully saturated rings. The van der Waals surface area contributed by atoms with Gasteiger partial charge in [0.25, 0.3) is 0 Å². The Morgan fingerprint density at radius 2 is 1.95 bits per heavy atom. The summed E-state index contributed by atoms with van der Waals surface area (Å²) in [6.45, 7) is 6.61. The van der Waals surface area contributed by atoms with E-state index < -0.39 is 0 Å². The van der Waals surface area contributed by atoms with E-state index in [1.807, 2.05) is 30.5 Å². The standard InChI is InChI=1S/C19H19N3/c1-4-13(2)18-14(3)9-10-22-17(12-21-19(18)22)16-7-5-15(11-20)6-8-16/h5-10,12-13H,4H2,1-3H3.